The molecule has 1 N–H and O–H groups in total. The van der Waals surface area contributed by atoms with Gasteiger partial charge in [0, 0.05) is 30.4 Å². The molecule has 0 spiro atoms. The van der Waals surface area contributed by atoms with Crippen LogP contribution in [-0.4, -0.2) is 34.7 Å². The molecule has 0 aliphatic carbocycles. The summed E-state index contributed by atoms with van der Waals surface area (Å²) in [5, 5.41) is 2.80. The number of hydrogen-bond acceptors (Lipinski definition) is 5. The fourth-order valence-electron chi connectivity index (χ4n) is 2.87. The summed E-state index contributed by atoms with van der Waals surface area (Å²) in [4.78, 5) is 34.3. The smallest absolute Gasteiger partial charge is 0.274 e. The Labute approximate surface area is 147 Å². The van der Waals surface area contributed by atoms with E-state index in [0.717, 1.165) is 37.7 Å². The molecule has 1 aliphatic rings. The van der Waals surface area contributed by atoms with Gasteiger partial charge in [0.1, 0.15) is 17.8 Å². The Bertz CT molecular complexity index is 765. The van der Waals surface area contributed by atoms with Crippen LogP contribution in [0, 0.1) is 5.92 Å². The first-order chi connectivity index (χ1) is 12.0. The number of nitrogens with one attached hydrogen (secondary N) is 1. The lowest BCUT2D eigenvalue weighted by molar-refractivity contribution is 0.101. The number of rotatable bonds is 4. The Morgan fingerprint density at radius 1 is 1.12 bits per heavy atom. The van der Waals surface area contributed by atoms with Crippen molar-refractivity contribution in [1.29, 1.82) is 0 Å². The minimum Gasteiger partial charge on any atom is -0.356 e. The Hall–Kier alpha value is -2.76. The molecule has 0 unspecified atom stereocenters. The van der Waals surface area contributed by atoms with Gasteiger partial charge in [0.25, 0.3) is 5.91 Å². The van der Waals surface area contributed by atoms with Crippen LogP contribution in [0.4, 0.5) is 11.5 Å². The van der Waals surface area contributed by atoms with E-state index in [1.807, 2.05) is 0 Å². The molecule has 0 bridgehead atoms. The molecule has 1 aromatic heterocycles. The number of aromatic nitrogens is 2. The standard InChI is InChI=1S/C19H22N4O2/c1-13-7-9-23(10-8-13)18-11-17(20-12-21-18)19(25)22-16-5-3-15(4-6-16)14(2)24/h3-6,11-13H,7-10H2,1-2H3,(H,22,25). The van der Waals surface area contributed by atoms with Crippen molar-refractivity contribution in [3.8, 4) is 0 Å². The van der Waals surface area contributed by atoms with Gasteiger partial charge in [-0.05, 0) is 49.9 Å². The van der Waals surface area contributed by atoms with Crippen molar-refractivity contribution in [2.24, 2.45) is 5.92 Å². The molecule has 3 rings (SSSR count). The quantitative estimate of drug-likeness (QED) is 0.867. The minimum absolute atomic E-state index is 0.00540. The van der Waals surface area contributed by atoms with E-state index in [0.29, 0.717) is 16.9 Å². The largest absolute Gasteiger partial charge is 0.356 e. The molecular weight excluding hydrogens is 316 g/mol. The molecule has 130 valence electrons. The van der Waals surface area contributed by atoms with E-state index in [9.17, 15) is 9.59 Å². The van der Waals surface area contributed by atoms with Crippen LogP contribution in [0.1, 0.15) is 47.5 Å². The third-order valence-corrected chi connectivity index (χ3v) is 4.54. The van der Waals surface area contributed by atoms with Crippen molar-refractivity contribution >= 4 is 23.2 Å². The molecule has 2 aromatic rings. The average molecular weight is 338 g/mol. The number of amides is 1. The van der Waals surface area contributed by atoms with Gasteiger partial charge in [-0.3, -0.25) is 9.59 Å². The van der Waals surface area contributed by atoms with E-state index in [2.05, 4.69) is 27.1 Å². The van der Waals surface area contributed by atoms with Gasteiger partial charge in [-0.15, -0.1) is 0 Å². The highest BCUT2D eigenvalue weighted by Crippen LogP contribution is 2.21. The Balaban J connectivity index is 1.69. The molecule has 0 saturated carbocycles. The number of piperidine rings is 1. The molecule has 1 aromatic carbocycles. The first-order valence-electron chi connectivity index (χ1n) is 8.52. The van der Waals surface area contributed by atoms with Gasteiger partial charge in [0.15, 0.2) is 5.78 Å². The number of carbonyl (C=O) groups excluding carboxylic acids is 2. The van der Waals surface area contributed by atoms with Gasteiger partial charge >= 0.3 is 0 Å². The second kappa shape index (κ2) is 7.42. The zero-order valence-electron chi connectivity index (χ0n) is 14.5. The number of ketones is 1. The van der Waals surface area contributed by atoms with Gasteiger partial charge < -0.3 is 10.2 Å². The average Bonchev–Trinajstić information content (AvgIpc) is 2.63. The maximum Gasteiger partial charge on any atom is 0.274 e. The van der Waals surface area contributed by atoms with Crippen LogP contribution >= 0.6 is 0 Å². The molecular formula is C19H22N4O2. The second-order valence-electron chi connectivity index (χ2n) is 6.52. The number of anilines is 2. The number of nitrogens with zero attached hydrogens (tertiary/aromatic N) is 3. The molecule has 1 fully saturated rings. The summed E-state index contributed by atoms with van der Waals surface area (Å²) in [5.74, 6) is 1.23. The SMILES string of the molecule is CC(=O)c1ccc(NC(=O)c2cc(N3CCC(C)CC3)ncn2)cc1. The second-order valence-corrected chi connectivity index (χ2v) is 6.52. The Kier molecular flexibility index (Phi) is 5.07. The van der Waals surface area contributed by atoms with Crippen LogP contribution in [-0.2, 0) is 0 Å². The van der Waals surface area contributed by atoms with Crippen LogP contribution in [0.3, 0.4) is 0 Å². The summed E-state index contributed by atoms with van der Waals surface area (Å²) in [6.45, 7) is 5.67. The van der Waals surface area contributed by atoms with Crippen LogP contribution in [0.2, 0.25) is 0 Å². The summed E-state index contributed by atoms with van der Waals surface area (Å²) in [6, 6.07) is 8.54. The molecule has 0 atom stereocenters. The monoisotopic (exact) mass is 338 g/mol. The Morgan fingerprint density at radius 2 is 1.80 bits per heavy atom. The van der Waals surface area contributed by atoms with E-state index >= 15 is 0 Å². The molecule has 25 heavy (non-hydrogen) atoms. The first-order valence-corrected chi connectivity index (χ1v) is 8.52. The van der Waals surface area contributed by atoms with Crippen molar-refractivity contribution in [3.05, 3.63) is 47.9 Å². The van der Waals surface area contributed by atoms with E-state index in [1.165, 1.54) is 13.3 Å². The van der Waals surface area contributed by atoms with Gasteiger partial charge in [0.2, 0.25) is 0 Å². The van der Waals surface area contributed by atoms with E-state index in [4.69, 9.17) is 0 Å². The molecule has 1 amide bonds. The summed E-state index contributed by atoms with van der Waals surface area (Å²) in [6.07, 6.45) is 3.70. The molecule has 6 heteroatoms. The van der Waals surface area contributed by atoms with Crippen molar-refractivity contribution in [2.45, 2.75) is 26.7 Å². The summed E-state index contributed by atoms with van der Waals surface area (Å²) < 4.78 is 0. The van der Waals surface area contributed by atoms with Crippen molar-refractivity contribution in [2.75, 3.05) is 23.3 Å². The maximum absolute atomic E-state index is 12.4. The lowest BCUT2D eigenvalue weighted by Crippen LogP contribution is -2.33. The zero-order chi connectivity index (χ0) is 17.8. The van der Waals surface area contributed by atoms with Crippen LogP contribution in [0.5, 0.6) is 0 Å². The highest BCUT2D eigenvalue weighted by molar-refractivity contribution is 6.03. The van der Waals surface area contributed by atoms with E-state index < -0.39 is 0 Å². The summed E-state index contributed by atoms with van der Waals surface area (Å²) >= 11 is 0. The van der Waals surface area contributed by atoms with Crippen LogP contribution in [0.15, 0.2) is 36.7 Å². The normalized spacial score (nSPS) is 15.0. The minimum atomic E-state index is -0.287. The van der Waals surface area contributed by atoms with Crippen LogP contribution < -0.4 is 10.2 Å². The maximum atomic E-state index is 12.4. The number of hydrogen-bond donors (Lipinski definition) is 1. The van der Waals surface area contributed by atoms with E-state index in [1.54, 1.807) is 30.3 Å². The lowest BCUT2D eigenvalue weighted by Gasteiger charge is -2.31. The molecule has 1 saturated heterocycles. The van der Waals surface area contributed by atoms with Crippen LogP contribution in [0.25, 0.3) is 0 Å². The zero-order valence-corrected chi connectivity index (χ0v) is 14.5. The predicted molar refractivity (Wildman–Crippen MR) is 97.0 cm³/mol. The van der Waals surface area contributed by atoms with Gasteiger partial charge in [-0.25, -0.2) is 9.97 Å². The molecule has 0 radical (unpaired) electrons. The fourth-order valence-corrected chi connectivity index (χ4v) is 2.87. The fraction of sp³-hybridized carbons (Fsp3) is 0.368. The van der Waals surface area contributed by atoms with Gasteiger partial charge in [-0.1, -0.05) is 6.92 Å². The molecule has 6 nitrogen and oxygen atoms in total. The predicted octanol–water partition coefficient (Wildman–Crippen LogP) is 3.17. The third-order valence-electron chi connectivity index (χ3n) is 4.54. The number of benzene rings is 1. The Morgan fingerprint density at radius 3 is 2.44 bits per heavy atom. The topological polar surface area (TPSA) is 75.2 Å². The number of Topliss-reactive ketones (excluding diaryl/α,β-unsaturated/α-hetero) is 1. The lowest BCUT2D eigenvalue weighted by atomic mass is 9.99. The highest BCUT2D eigenvalue weighted by atomic mass is 16.2. The highest BCUT2D eigenvalue weighted by Gasteiger charge is 2.18. The van der Waals surface area contributed by atoms with Gasteiger partial charge in [0.05, 0.1) is 0 Å². The van der Waals surface area contributed by atoms with Crippen molar-refractivity contribution in [3.63, 3.8) is 0 Å². The summed E-state index contributed by atoms with van der Waals surface area (Å²) in [5.41, 5.74) is 1.57. The number of carbonyl (C=O) groups is 2. The first kappa shape index (κ1) is 17.1. The van der Waals surface area contributed by atoms with Gasteiger partial charge in [-0.2, -0.15) is 0 Å². The molecule has 2 heterocycles. The van der Waals surface area contributed by atoms with Crippen molar-refractivity contribution < 1.29 is 9.59 Å². The van der Waals surface area contributed by atoms with E-state index in [-0.39, 0.29) is 11.7 Å². The van der Waals surface area contributed by atoms with Crippen molar-refractivity contribution in [1.82, 2.24) is 9.97 Å². The molecule has 1 aliphatic heterocycles. The third kappa shape index (κ3) is 4.21. The summed E-state index contributed by atoms with van der Waals surface area (Å²) in [7, 11) is 0.